The van der Waals surface area contributed by atoms with E-state index in [1.165, 1.54) is 4.31 Å². The van der Waals surface area contributed by atoms with Crippen molar-refractivity contribution in [3.05, 3.63) is 24.3 Å². The lowest BCUT2D eigenvalue weighted by atomic mass is 10.1. The van der Waals surface area contributed by atoms with Crippen LogP contribution in [0, 0.1) is 5.92 Å². The van der Waals surface area contributed by atoms with Gasteiger partial charge in [-0.05, 0) is 36.6 Å². The zero-order valence-electron chi connectivity index (χ0n) is 11.5. The van der Waals surface area contributed by atoms with Crippen LogP contribution in [0.25, 0.3) is 0 Å². The Morgan fingerprint density at radius 3 is 2.22 bits per heavy atom. The van der Waals surface area contributed by atoms with Crippen molar-refractivity contribution in [2.24, 2.45) is 5.92 Å². The van der Waals surface area contributed by atoms with Crippen molar-refractivity contribution >= 4 is 15.7 Å². The van der Waals surface area contributed by atoms with Gasteiger partial charge in [0.05, 0.1) is 4.90 Å². The Labute approximate surface area is 110 Å². The van der Waals surface area contributed by atoms with Crippen LogP contribution in [0.4, 0.5) is 5.69 Å². The second kappa shape index (κ2) is 6.20. The molecule has 18 heavy (non-hydrogen) atoms. The van der Waals surface area contributed by atoms with Gasteiger partial charge in [0.15, 0.2) is 0 Å². The second-order valence-corrected chi connectivity index (χ2v) is 6.83. The summed E-state index contributed by atoms with van der Waals surface area (Å²) in [7, 11) is 0.0784. The van der Waals surface area contributed by atoms with Gasteiger partial charge in [-0.2, -0.15) is 0 Å². The Bertz CT molecular complexity index is 466. The number of anilines is 1. The monoisotopic (exact) mass is 270 g/mol. The number of sulfonamides is 1. The highest BCUT2D eigenvalue weighted by atomic mass is 32.2. The van der Waals surface area contributed by atoms with Crippen LogP contribution in [0.2, 0.25) is 0 Å². The van der Waals surface area contributed by atoms with Crippen molar-refractivity contribution in [2.75, 3.05) is 26.0 Å². The molecule has 5 heteroatoms. The zero-order chi connectivity index (χ0) is 13.8. The Hall–Kier alpha value is -1.07. The molecular weight excluding hydrogens is 248 g/mol. The maximum absolute atomic E-state index is 12.2. The normalized spacial score (nSPS) is 12.1. The minimum atomic E-state index is -3.35. The van der Waals surface area contributed by atoms with Gasteiger partial charge < -0.3 is 5.32 Å². The molecule has 0 aliphatic heterocycles. The van der Waals surface area contributed by atoms with Gasteiger partial charge in [0.2, 0.25) is 10.0 Å². The molecule has 0 unspecified atom stereocenters. The maximum atomic E-state index is 12.2. The average molecular weight is 270 g/mol. The van der Waals surface area contributed by atoms with Crippen LogP contribution >= 0.6 is 0 Å². The van der Waals surface area contributed by atoms with Crippen LogP contribution in [0.5, 0.6) is 0 Å². The van der Waals surface area contributed by atoms with Crippen LogP contribution in [-0.4, -0.2) is 33.4 Å². The molecule has 1 aromatic rings. The van der Waals surface area contributed by atoms with Gasteiger partial charge in [-0.15, -0.1) is 0 Å². The molecule has 0 amide bonds. The van der Waals surface area contributed by atoms with Crippen molar-refractivity contribution in [2.45, 2.75) is 25.2 Å². The highest BCUT2D eigenvalue weighted by molar-refractivity contribution is 7.89. The molecular formula is C13H22N2O2S. The molecule has 0 fully saturated rings. The van der Waals surface area contributed by atoms with Crippen molar-refractivity contribution in [1.29, 1.82) is 0 Å². The fourth-order valence-electron chi connectivity index (χ4n) is 1.53. The van der Waals surface area contributed by atoms with Gasteiger partial charge in [-0.3, -0.25) is 0 Å². The maximum Gasteiger partial charge on any atom is 0.242 e. The molecule has 0 heterocycles. The summed E-state index contributed by atoms with van der Waals surface area (Å²) in [5.41, 5.74) is 0.902. The smallest absolute Gasteiger partial charge is 0.242 e. The van der Waals surface area contributed by atoms with Crippen molar-refractivity contribution in [3.8, 4) is 0 Å². The van der Waals surface area contributed by atoms with E-state index in [4.69, 9.17) is 0 Å². The SMILES string of the molecule is CNc1ccc(S(=O)(=O)N(C)CCC(C)C)cc1. The van der Waals surface area contributed by atoms with Gasteiger partial charge >= 0.3 is 0 Å². The molecule has 0 bridgehead atoms. The standard InChI is InChI=1S/C13H22N2O2S/c1-11(2)9-10-15(4)18(16,17)13-7-5-12(14-3)6-8-13/h5-8,11,14H,9-10H2,1-4H3. The molecule has 0 aliphatic rings. The van der Waals surface area contributed by atoms with E-state index in [9.17, 15) is 8.42 Å². The summed E-state index contributed by atoms with van der Waals surface area (Å²) in [6, 6.07) is 6.80. The molecule has 0 aliphatic carbocycles. The third-order valence-electron chi connectivity index (χ3n) is 2.87. The lowest BCUT2D eigenvalue weighted by molar-refractivity contribution is 0.428. The Morgan fingerprint density at radius 2 is 1.78 bits per heavy atom. The van der Waals surface area contributed by atoms with E-state index in [1.54, 1.807) is 38.4 Å². The summed E-state index contributed by atoms with van der Waals surface area (Å²) in [5.74, 6) is 0.495. The molecule has 1 N–H and O–H groups in total. The van der Waals surface area contributed by atoms with Crippen molar-refractivity contribution in [3.63, 3.8) is 0 Å². The molecule has 1 aromatic carbocycles. The molecule has 0 saturated carbocycles. The number of nitrogens with one attached hydrogen (secondary N) is 1. The van der Waals surface area contributed by atoms with E-state index in [0.717, 1.165) is 12.1 Å². The summed E-state index contributed by atoms with van der Waals surface area (Å²) < 4.78 is 25.9. The van der Waals surface area contributed by atoms with Gasteiger partial charge in [0, 0.05) is 26.3 Å². The van der Waals surface area contributed by atoms with Crippen LogP contribution in [0.3, 0.4) is 0 Å². The number of benzene rings is 1. The van der Waals surface area contributed by atoms with Crippen molar-refractivity contribution in [1.82, 2.24) is 4.31 Å². The van der Waals surface area contributed by atoms with Crippen LogP contribution in [0.15, 0.2) is 29.2 Å². The molecule has 0 radical (unpaired) electrons. The Morgan fingerprint density at radius 1 is 1.22 bits per heavy atom. The van der Waals surface area contributed by atoms with Gasteiger partial charge in [0.25, 0.3) is 0 Å². The third kappa shape index (κ3) is 3.71. The van der Waals surface area contributed by atoms with Gasteiger partial charge in [-0.1, -0.05) is 13.8 Å². The molecule has 1 rings (SSSR count). The van der Waals surface area contributed by atoms with Crippen LogP contribution in [0.1, 0.15) is 20.3 Å². The van der Waals surface area contributed by atoms with Gasteiger partial charge in [0.1, 0.15) is 0 Å². The first-order valence-corrected chi connectivity index (χ1v) is 7.56. The minimum absolute atomic E-state index is 0.341. The predicted molar refractivity (Wildman–Crippen MR) is 75.3 cm³/mol. The Balaban J connectivity index is 2.84. The minimum Gasteiger partial charge on any atom is -0.388 e. The molecule has 0 saturated heterocycles. The predicted octanol–water partition coefficient (Wildman–Crippen LogP) is 2.39. The summed E-state index contributed by atoms with van der Waals surface area (Å²) in [6.07, 6.45) is 0.865. The molecule has 102 valence electrons. The number of hydrogen-bond donors (Lipinski definition) is 1. The van der Waals surface area contributed by atoms with Crippen molar-refractivity contribution < 1.29 is 8.42 Å². The zero-order valence-corrected chi connectivity index (χ0v) is 12.3. The second-order valence-electron chi connectivity index (χ2n) is 4.78. The summed E-state index contributed by atoms with van der Waals surface area (Å²) in [4.78, 5) is 0.341. The van der Waals surface area contributed by atoms with E-state index >= 15 is 0 Å². The number of nitrogens with zero attached hydrogens (tertiary/aromatic N) is 1. The fourth-order valence-corrected chi connectivity index (χ4v) is 2.72. The van der Waals surface area contributed by atoms with Gasteiger partial charge in [-0.25, -0.2) is 12.7 Å². The first-order valence-electron chi connectivity index (χ1n) is 6.12. The Kier molecular flexibility index (Phi) is 5.16. The summed E-state index contributed by atoms with van der Waals surface area (Å²) in [5, 5.41) is 2.97. The number of rotatable bonds is 6. The van der Waals surface area contributed by atoms with E-state index in [0.29, 0.717) is 17.4 Å². The average Bonchev–Trinajstić information content (AvgIpc) is 2.35. The summed E-state index contributed by atoms with van der Waals surface area (Å²) in [6.45, 7) is 4.72. The lowest BCUT2D eigenvalue weighted by Gasteiger charge is -2.18. The molecule has 0 aromatic heterocycles. The topological polar surface area (TPSA) is 49.4 Å². The van der Waals surface area contributed by atoms with Crippen LogP contribution in [-0.2, 0) is 10.0 Å². The highest BCUT2D eigenvalue weighted by Gasteiger charge is 2.20. The first kappa shape index (κ1) is 15.0. The highest BCUT2D eigenvalue weighted by Crippen LogP contribution is 2.17. The first-order chi connectivity index (χ1) is 8.37. The lowest BCUT2D eigenvalue weighted by Crippen LogP contribution is -2.28. The van der Waals surface area contributed by atoms with E-state index < -0.39 is 10.0 Å². The summed E-state index contributed by atoms with van der Waals surface area (Å²) >= 11 is 0. The van der Waals surface area contributed by atoms with E-state index in [1.807, 2.05) is 0 Å². The molecule has 0 atom stereocenters. The fraction of sp³-hybridized carbons (Fsp3) is 0.538. The largest absolute Gasteiger partial charge is 0.388 e. The third-order valence-corrected chi connectivity index (χ3v) is 4.74. The van der Waals surface area contributed by atoms with E-state index in [-0.39, 0.29) is 0 Å². The number of hydrogen-bond acceptors (Lipinski definition) is 3. The van der Waals surface area contributed by atoms with E-state index in [2.05, 4.69) is 19.2 Å². The van der Waals surface area contributed by atoms with Crippen LogP contribution < -0.4 is 5.32 Å². The molecule has 4 nitrogen and oxygen atoms in total. The molecule has 0 spiro atoms. The quantitative estimate of drug-likeness (QED) is 0.863.